The molecule has 2 rings (SSSR count). The lowest BCUT2D eigenvalue weighted by atomic mass is 10.5. The Kier molecular flexibility index (Phi) is 1.21. The Morgan fingerprint density at radius 3 is 3.20 bits per heavy atom. The maximum atomic E-state index is 2.18. The second-order valence-electron chi connectivity index (χ2n) is 2.22. The molecule has 0 unspecified atom stereocenters. The summed E-state index contributed by atoms with van der Waals surface area (Å²) in [5.41, 5.74) is 1.25. The van der Waals surface area contributed by atoms with Crippen LogP contribution >= 0.6 is 8.35 Å². The molecule has 0 fully saturated rings. The van der Waals surface area contributed by atoms with E-state index < -0.39 is 0 Å². The van der Waals surface area contributed by atoms with Crippen molar-refractivity contribution in [2.75, 3.05) is 0 Å². The van der Waals surface area contributed by atoms with E-state index in [-0.39, 0.29) is 0 Å². The molecular weight excluding hydrogens is 143 g/mol. The third-order valence-corrected chi connectivity index (χ3v) is 2.45. The first-order chi connectivity index (χ1) is 4.88. The van der Waals surface area contributed by atoms with Gasteiger partial charge in [0.15, 0.2) is 14.3 Å². The zero-order chi connectivity index (χ0) is 6.97. The zero-order valence-electron chi connectivity index (χ0n) is 5.73. The lowest BCUT2D eigenvalue weighted by Crippen LogP contribution is -2.17. The van der Waals surface area contributed by atoms with Gasteiger partial charge in [-0.25, -0.2) is 4.33 Å². The summed E-state index contributed by atoms with van der Waals surface area (Å²) in [6, 6.07) is 6.20. The van der Waals surface area contributed by atoms with Crippen LogP contribution in [0.1, 0.15) is 0 Å². The van der Waals surface area contributed by atoms with E-state index in [0.29, 0.717) is 0 Å². The van der Waals surface area contributed by atoms with Gasteiger partial charge in [0.1, 0.15) is 0 Å². The summed E-state index contributed by atoms with van der Waals surface area (Å²) in [5.74, 6) is 2.13. The highest BCUT2D eigenvalue weighted by atomic mass is 31.0. The van der Waals surface area contributed by atoms with Crippen LogP contribution in [0.3, 0.4) is 0 Å². The summed E-state index contributed by atoms with van der Waals surface area (Å²) >= 11 is 0. The minimum Gasteiger partial charge on any atom is -0.211 e. The number of fused-ring (bicyclic) bond motifs is 1. The number of hydrogen-bond donors (Lipinski definition) is 0. The highest BCUT2D eigenvalue weighted by Gasteiger charge is 2.01. The highest BCUT2D eigenvalue weighted by Crippen LogP contribution is 2.04. The highest BCUT2D eigenvalue weighted by molar-refractivity contribution is 7.24. The van der Waals surface area contributed by atoms with Crippen LogP contribution in [0.5, 0.6) is 0 Å². The zero-order valence-corrected chi connectivity index (χ0v) is 6.62. The van der Waals surface area contributed by atoms with E-state index >= 15 is 0 Å². The van der Waals surface area contributed by atoms with Gasteiger partial charge in [-0.05, 0) is 6.07 Å². The Morgan fingerprint density at radius 2 is 2.40 bits per heavy atom. The first-order valence-electron chi connectivity index (χ1n) is 3.16. The molecule has 0 radical (unpaired) electrons. The Labute approximate surface area is 60.9 Å². The van der Waals surface area contributed by atoms with E-state index in [1.165, 1.54) is 14.0 Å². The molecule has 2 aromatic rings. The van der Waals surface area contributed by atoms with Crippen LogP contribution in [-0.4, -0.2) is 4.33 Å². The molecule has 2 nitrogen and oxygen atoms in total. The van der Waals surface area contributed by atoms with E-state index in [9.17, 15) is 0 Å². The lowest BCUT2D eigenvalue weighted by Gasteiger charge is -1.83. The van der Waals surface area contributed by atoms with Gasteiger partial charge in [-0.3, -0.25) is 0 Å². The predicted molar refractivity (Wildman–Crippen MR) is 41.1 cm³/mol. The lowest BCUT2D eigenvalue weighted by molar-refractivity contribution is -0.508. The van der Waals surface area contributed by atoms with Crippen LogP contribution in [0.25, 0.3) is 5.65 Å². The van der Waals surface area contributed by atoms with Crippen molar-refractivity contribution in [3.8, 4) is 0 Å². The standard InChI is InChI=1S/C7H8N2P/c1-8-7-4-2-3-5-9(7)6-10-8/h2-6H,1H3/q+1. The molecule has 0 aliphatic heterocycles. The van der Waals surface area contributed by atoms with Crippen molar-refractivity contribution >= 4 is 14.0 Å². The molecule has 0 spiro atoms. The molecular formula is C7H8N2P+. The van der Waals surface area contributed by atoms with Crippen molar-refractivity contribution in [2.24, 2.45) is 7.05 Å². The molecule has 0 amide bonds. The summed E-state index contributed by atoms with van der Waals surface area (Å²) in [5, 5.41) is 0. The molecule has 2 aromatic heterocycles. The molecule has 2 heterocycles. The van der Waals surface area contributed by atoms with Gasteiger partial charge in [0.2, 0.25) is 0 Å². The summed E-state index contributed by atoms with van der Waals surface area (Å²) < 4.78 is 4.31. The minimum absolute atomic E-state index is 1.24. The third kappa shape index (κ3) is 0.729. The first-order valence-corrected chi connectivity index (χ1v) is 4.07. The Bertz CT molecular complexity index is 353. The topological polar surface area (TPSA) is 9.03 Å². The normalized spacial score (nSPS) is 11.3. The number of aryl methyl sites for hydroxylation is 1. The number of nitrogens with zero attached hydrogens (tertiary/aromatic N) is 2. The van der Waals surface area contributed by atoms with E-state index in [0.717, 1.165) is 0 Å². The molecule has 3 heteroatoms. The van der Waals surface area contributed by atoms with Gasteiger partial charge in [0, 0.05) is 6.07 Å². The molecule has 0 aliphatic carbocycles. The van der Waals surface area contributed by atoms with Crippen LogP contribution in [0.2, 0.25) is 0 Å². The van der Waals surface area contributed by atoms with E-state index in [4.69, 9.17) is 0 Å². The SMILES string of the molecule is Cn1pc[n+]2ccccc12. The van der Waals surface area contributed by atoms with Crippen molar-refractivity contribution in [1.82, 2.24) is 4.33 Å². The van der Waals surface area contributed by atoms with Gasteiger partial charge in [-0.15, -0.1) is 0 Å². The molecule has 0 saturated carbocycles. The maximum Gasteiger partial charge on any atom is 0.289 e. The van der Waals surface area contributed by atoms with Gasteiger partial charge in [0.25, 0.3) is 5.65 Å². The largest absolute Gasteiger partial charge is 0.289 e. The number of aromatic nitrogens is 2. The average molecular weight is 151 g/mol. The monoisotopic (exact) mass is 151 g/mol. The molecule has 0 N–H and O–H groups in total. The summed E-state index contributed by atoms with van der Waals surface area (Å²) in [6.07, 6.45) is 2.06. The number of pyridine rings is 1. The van der Waals surface area contributed by atoms with Gasteiger partial charge < -0.3 is 0 Å². The molecule has 0 saturated heterocycles. The summed E-state index contributed by atoms with van der Waals surface area (Å²) in [7, 11) is 3.32. The molecule has 0 aromatic carbocycles. The van der Waals surface area contributed by atoms with Gasteiger partial charge in [-0.1, -0.05) is 6.07 Å². The Morgan fingerprint density at radius 1 is 1.50 bits per heavy atom. The fraction of sp³-hybridized carbons (Fsp3) is 0.143. The van der Waals surface area contributed by atoms with Crippen LogP contribution in [0.4, 0.5) is 0 Å². The third-order valence-electron chi connectivity index (χ3n) is 1.55. The fourth-order valence-corrected chi connectivity index (χ4v) is 1.76. The maximum absolute atomic E-state index is 2.18. The predicted octanol–water partition coefficient (Wildman–Crippen LogP) is 1.34. The van der Waals surface area contributed by atoms with Crippen LogP contribution in [0, 0.1) is 0 Å². The second kappa shape index (κ2) is 2.06. The van der Waals surface area contributed by atoms with Crippen LogP contribution < -0.4 is 4.40 Å². The van der Waals surface area contributed by atoms with Gasteiger partial charge >= 0.3 is 0 Å². The van der Waals surface area contributed by atoms with Crippen LogP contribution in [0.15, 0.2) is 30.3 Å². The second-order valence-corrected chi connectivity index (χ2v) is 3.28. The van der Waals surface area contributed by atoms with Crippen molar-refractivity contribution in [1.29, 1.82) is 0 Å². The molecule has 10 heavy (non-hydrogen) atoms. The van der Waals surface area contributed by atoms with Gasteiger partial charge in [0.05, 0.1) is 13.2 Å². The van der Waals surface area contributed by atoms with Crippen molar-refractivity contribution < 1.29 is 4.40 Å². The van der Waals surface area contributed by atoms with Crippen molar-refractivity contribution in [2.45, 2.75) is 0 Å². The van der Waals surface area contributed by atoms with E-state index in [1.807, 2.05) is 6.07 Å². The smallest absolute Gasteiger partial charge is 0.211 e. The molecule has 50 valence electrons. The number of hydrogen-bond acceptors (Lipinski definition) is 0. The van der Waals surface area contributed by atoms with E-state index in [1.54, 1.807) is 0 Å². The Hall–Kier alpha value is -0.880. The summed E-state index contributed by atoms with van der Waals surface area (Å²) in [6.45, 7) is 0. The van der Waals surface area contributed by atoms with Crippen molar-refractivity contribution in [3.05, 3.63) is 30.3 Å². The van der Waals surface area contributed by atoms with Crippen molar-refractivity contribution in [3.63, 3.8) is 0 Å². The Balaban J connectivity index is 2.93. The molecule has 0 atom stereocenters. The van der Waals surface area contributed by atoms with Crippen LogP contribution in [-0.2, 0) is 7.05 Å². The average Bonchev–Trinajstić information content (AvgIpc) is 2.34. The molecule has 0 aliphatic rings. The first kappa shape index (κ1) is 5.87. The minimum atomic E-state index is 1.24. The van der Waals surface area contributed by atoms with Gasteiger partial charge in [-0.2, -0.15) is 4.40 Å². The number of rotatable bonds is 0. The molecule has 0 bridgehead atoms. The quantitative estimate of drug-likeness (QED) is 0.502. The fourth-order valence-electron chi connectivity index (χ4n) is 1.01. The summed E-state index contributed by atoms with van der Waals surface area (Å²) in [4.78, 5) is 0. The van der Waals surface area contributed by atoms with E-state index in [2.05, 4.69) is 40.0 Å².